The van der Waals surface area contributed by atoms with Crippen LogP contribution in [0.4, 0.5) is 0 Å². The van der Waals surface area contributed by atoms with Gasteiger partial charge in [-0.2, -0.15) is 0 Å². The van der Waals surface area contributed by atoms with Crippen molar-refractivity contribution in [3.05, 3.63) is 28.7 Å². The fraction of sp³-hybridized carbons (Fsp3) is 0.533. The van der Waals surface area contributed by atoms with E-state index in [1.165, 1.54) is 4.90 Å². The average Bonchev–Trinajstić information content (AvgIpc) is 2.43. The quantitative estimate of drug-likeness (QED) is 0.552. The summed E-state index contributed by atoms with van der Waals surface area (Å²) in [7, 11) is 0. The van der Waals surface area contributed by atoms with Crippen LogP contribution in [0.1, 0.15) is 26.7 Å². The normalized spacial score (nSPS) is 12.4. The average molecular weight is 359 g/mol. The van der Waals surface area contributed by atoms with Crippen molar-refractivity contribution in [2.45, 2.75) is 37.6 Å². The zero-order chi connectivity index (χ0) is 15.0. The summed E-state index contributed by atoms with van der Waals surface area (Å²) in [5.41, 5.74) is 5.77. The summed E-state index contributed by atoms with van der Waals surface area (Å²) in [6.07, 6.45) is 2.05. The number of benzene rings is 1. The van der Waals surface area contributed by atoms with Crippen LogP contribution in [-0.2, 0) is 4.79 Å². The number of carbonyl (C=O) groups is 1. The van der Waals surface area contributed by atoms with Crippen molar-refractivity contribution in [1.82, 2.24) is 5.32 Å². The molecule has 0 aliphatic heterocycles. The number of nitrogens with two attached hydrogens (primary N) is 1. The van der Waals surface area contributed by atoms with E-state index in [0.29, 0.717) is 6.54 Å². The Balaban J connectivity index is 2.11. The summed E-state index contributed by atoms with van der Waals surface area (Å²) in [5, 5.41) is 2.89. The van der Waals surface area contributed by atoms with E-state index in [4.69, 9.17) is 5.73 Å². The first-order valence-electron chi connectivity index (χ1n) is 6.93. The third kappa shape index (κ3) is 6.29. The number of rotatable bonds is 8. The molecule has 1 aromatic rings. The van der Waals surface area contributed by atoms with Crippen molar-refractivity contribution >= 4 is 33.6 Å². The third-order valence-corrected chi connectivity index (χ3v) is 5.10. The summed E-state index contributed by atoms with van der Waals surface area (Å²) in [6, 6.07) is 7.82. The Kier molecular flexibility index (Phi) is 8.26. The Morgan fingerprint density at radius 1 is 1.35 bits per heavy atom. The number of thioether (sulfide) groups is 1. The fourth-order valence-corrected chi connectivity index (χ4v) is 3.18. The highest BCUT2D eigenvalue weighted by Crippen LogP contribution is 2.27. The number of hydrogen-bond acceptors (Lipinski definition) is 3. The van der Waals surface area contributed by atoms with Gasteiger partial charge in [-0.05, 0) is 52.6 Å². The largest absolute Gasteiger partial charge is 0.355 e. The smallest absolute Gasteiger partial charge is 0.237 e. The van der Waals surface area contributed by atoms with Gasteiger partial charge in [0.05, 0.1) is 6.04 Å². The predicted octanol–water partition coefficient (Wildman–Crippen LogP) is 3.42. The number of nitrogens with one attached hydrogen (secondary N) is 1. The van der Waals surface area contributed by atoms with Gasteiger partial charge in [0.1, 0.15) is 0 Å². The van der Waals surface area contributed by atoms with Crippen LogP contribution in [0, 0.1) is 5.92 Å². The molecule has 1 aromatic carbocycles. The molecule has 0 unspecified atom stereocenters. The Labute approximate surface area is 134 Å². The van der Waals surface area contributed by atoms with E-state index < -0.39 is 6.04 Å². The molecule has 0 aliphatic rings. The van der Waals surface area contributed by atoms with Crippen LogP contribution in [0.15, 0.2) is 33.6 Å². The highest BCUT2D eigenvalue weighted by Gasteiger charge is 2.15. The number of halogens is 1. The van der Waals surface area contributed by atoms with E-state index in [9.17, 15) is 4.79 Å². The summed E-state index contributed by atoms with van der Waals surface area (Å²) in [5.74, 6) is 1.19. The SMILES string of the molecule is CC(C)[C@H](N)C(=O)NCCCCSc1ccccc1Br. The molecule has 5 heteroatoms. The van der Waals surface area contributed by atoms with E-state index in [-0.39, 0.29) is 11.8 Å². The van der Waals surface area contributed by atoms with Gasteiger partial charge in [0.2, 0.25) is 5.91 Å². The molecule has 3 N–H and O–H groups in total. The minimum Gasteiger partial charge on any atom is -0.355 e. The zero-order valence-electron chi connectivity index (χ0n) is 12.1. The molecule has 0 aromatic heterocycles. The van der Waals surface area contributed by atoms with Gasteiger partial charge in [0.25, 0.3) is 0 Å². The lowest BCUT2D eigenvalue weighted by molar-refractivity contribution is -0.123. The molecule has 0 bridgehead atoms. The molecule has 0 saturated heterocycles. The molecule has 1 atom stereocenters. The molecule has 1 amide bonds. The second-order valence-electron chi connectivity index (χ2n) is 5.05. The monoisotopic (exact) mass is 358 g/mol. The highest BCUT2D eigenvalue weighted by atomic mass is 79.9. The lowest BCUT2D eigenvalue weighted by atomic mass is 10.1. The molecule has 0 aliphatic carbocycles. The molecule has 3 nitrogen and oxygen atoms in total. The van der Waals surface area contributed by atoms with Crippen molar-refractivity contribution in [2.24, 2.45) is 11.7 Å². The second kappa shape index (κ2) is 9.42. The fourth-order valence-electron chi connectivity index (χ4n) is 1.60. The van der Waals surface area contributed by atoms with Gasteiger partial charge in [0, 0.05) is 15.9 Å². The molecule has 0 radical (unpaired) electrons. The van der Waals surface area contributed by atoms with Gasteiger partial charge in [-0.25, -0.2) is 0 Å². The maximum Gasteiger partial charge on any atom is 0.237 e. The molecule has 112 valence electrons. The number of hydrogen-bond donors (Lipinski definition) is 2. The van der Waals surface area contributed by atoms with Crippen molar-refractivity contribution in [3.63, 3.8) is 0 Å². The number of unbranched alkanes of at least 4 members (excludes halogenated alkanes) is 1. The third-order valence-electron chi connectivity index (χ3n) is 2.99. The molecule has 0 spiro atoms. The van der Waals surface area contributed by atoms with E-state index in [1.54, 1.807) is 0 Å². The first-order chi connectivity index (χ1) is 9.52. The Bertz CT molecular complexity index is 426. The lowest BCUT2D eigenvalue weighted by Gasteiger charge is -2.15. The molecule has 0 heterocycles. The van der Waals surface area contributed by atoms with Crippen LogP contribution in [0.3, 0.4) is 0 Å². The van der Waals surface area contributed by atoms with Crippen LogP contribution < -0.4 is 11.1 Å². The Morgan fingerprint density at radius 2 is 2.05 bits per heavy atom. The minimum atomic E-state index is -0.398. The van der Waals surface area contributed by atoms with Gasteiger partial charge in [-0.15, -0.1) is 11.8 Å². The maximum absolute atomic E-state index is 11.6. The van der Waals surface area contributed by atoms with E-state index in [1.807, 2.05) is 37.7 Å². The van der Waals surface area contributed by atoms with Crippen molar-refractivity contribution in [2.75, 3.05) is 12.3 Å². The van der Waals surface area contributed by atoms with Crippen LogP contribution >= 0.6 is 27.7 Å². The van der Waals surface area contributed by atoms with Crippen molar-refractivity contribution in [1.29, 1.82) is 0 Å². The number of amides is 1. The lowest BCUT2D eigenvalue weighted by Crippen LogP contribution is -2.44. The minimum absolute atomic E-state index is 0.0431. The second-order valence-corrected chi connectivity index (χ2v) is 7.04. The first-order valence-corrected chi connectivity index (χ1v) is 8.71. The van der Waals surface area contributed by atoms with E-state index >= 15 is 0 Å². The predicted molar refractivity (Wildman–Crippen MR) is 89.9 cm³/mol. The highest BCUT2D eigenvalue weighted by molar-refractivity contribution is 9.10. The maximum atomic E-state index is 11.6. The first kappa shape index (κ1) is 17.5. The molecular formula is C15H23BrN2OS. The summed E-state index contributed by atoms with van der Waals surface area (Å²) in [6.45, 7) is 4.62. The van der Waals surface area contributed by atoms with Gasteiger partial charge in [0.15, 0.2) is 0 Å². The molecule has 0 saturated carbocycles. The van der Waals surface area contributed by atoms with Crippen LogP contribution in [0.25, 0.3) is 0 Å². The van der Waals surface area contributed by atoms with Crippen molar-refractivity contribution < 1.29 is 4.79 Å². The van der Waals surface area contributed by atoms with Crippen LogP contribution in [-0.4, -0.2) is 24.2 Å². The molecular weight excluding hydrogens is 336 g/mol. The summed E-state index contributed by atoms with van der Waals surface area (Å²) >= 11 is 5.37. The standard InChI is InChI=1S/C15H23BrN2OS/c1-11(2)14(17)15(19)18-9-5-6-10-20-13-8-4-3-7-12(13)16/h3-4,7-8,11,14H,5-6,9-10,17H2,1-2H3,(H,18,19)/t14-/m0/s1. The Morgan fingerprint density at radius 3 is 2.70 bits per heavy atom. The van der Waals surface area contributed by atoms with Crippen molar-refractivity contribution in [3.8, 4) is 0 Å². The van der Waals surface area contributed by atoms with E-state index in [0.717, 1.165) is 23.1 Å². The van der Waals surface area contributed by atoms with Crippen LogP contribution in [0.5, 0.6) is 0 Å². The van der Waals surface area contributed by atoms with Gasteiger partial charge in [-0.3, -0.25) is 4.79 Å². The zero-order valence-corrected chi connectivity index (χ0v) is 14.5. The Hall–Kier alpha value is -0.520. The number of carbonyl (C=O) groups excluding carboxylic acids is 1. The van der Waals surface area contributed by atoms with Gasteiger partial charge < -0.3 is 11.1 Å². The molecule has 0 fully saturated rings. The summed E-state index contributed by atoms with van der Waals surface area (Å²) in [4.78, 5) is 12.9. The van der Waals surface area contributed by atoms with Gasteiger partial charge in [-0.1, -0.05) is 26.0 Å². The van der Waals surface area contributed by atoms with E-state index in [2.05, 4.69) is 33.4 Å². The topological polar surface area (TPSA) is 55.1 Å². The van der Waals surface area contributed by atoms with Crippen LogP contribution in [0.2, 0.25) is 0 Å². The van der Waals surface area contributed by atoms with Gasteiger partial charge >= 0.3 is 0 Å². The molecule has 1 rings (SSSR count). The molecule has 20 heavy (non-hydrogen) atoms. The summed E-state index contributed by atoms with van der Waals surface area (Å²) < 4.78 is 1.14.